The van der Waals surface area contributed by atoms with Gasteiger partial charge in [0.25, 0.3) is 5.91 Å². The maximum absolute atomic E-state index is 11.8. The zero-order chi connectivity index (χ0) is 12.8. The molecule has 0 heterocycles. The highest BCUT2D eigenvalue weighted by atomic mass is 127. The van der Waals surface area contributed by atoms with Crippen molar-refractivity contribution in [2.24, 2.45) is 0 Å². The number of hydroxylamine groups is 1. The van der Waals surface area contributed by atoms with Crippen molar-refractivity contribution in [1.29, 1.82) is 0 Å². The predicted molar refractivity (Wildman–Crippen MR) is 77.9 cm³/mol. The van der Waals surface area contributed by atoms with Gasteiger partial charge in [0.15, 0.2) is 0 Å². The van der Waals surface area contributed by atoms with Crippen LogP contribution < -0.4 is 5.48 Å². The Morgan fingerprint density at radius 3 is 2.44 bits per heavy atom. The second-order valence-corrected chi connectivity index (χ2v) is 4.85. The molecular weight excluding hydrogens is 341 g/mol. The van der Waals surface area contributed by atoms with Gasteiger partial charge >= 0.3 is 0 Å². The van der Waals surface area contributed by atoms with Crippen LogP contribution in [0, 0.1) is 3.57 Å². The molecule has 0 aliphatic carbocycles. The zero-order valence-electron chi connectivity index (χ0n) is 9.60. The van der Waals surface area contributed by atoms with Crippen LogP contribution in [0.5, 0.6) is 0 Å². The molecule has 0 saturated heterocycles. The highest BCUT2D eigenvalue weighted by Crippen LogP contribution is 2.11. The molecule has 0 saturated carbocycles. The topological polar surface area (TPSA) is 38.3 Å². The van der Waals surface area contributed by atoms with Gasteiger partial charge in [-0.25, -0.2) is 5.48 Å². The Bertz CT molecular complexity index is 528. The average Bonchev–Trinajstić information content (AvgIpc) is 2.40. The Labute approximate surface area is 119 Å². The summed E-state index contributed by atoms with van der Waals surface area (Å²) in [5.41, 5.74) is 4.08. The molecule has 0 unspecified atom stereocenters. The zero-order valence-corrected chi connectivity index (χ0v) is 11.8. The first-order valence-corrected chi connectivity index (χ1v) is 6.56. The van der Waals surface area contributed by atoms with Crippen LogP contribution in [-0.4, -0.2) is 5.91 Å². The summed E-state index contributed by atoms with van der Waals surface area (Å²) < 4.78 is 0.899. The largest absolute Gasteiger partial charge is 0.275 e. The molecule has 0 bridgehead atoms. The van der Waals surface area contributed by atoms with Crippen LogP contribution in [0.3, 0.4) is 0 Å². The lowest BCUT2D eigenvalue weighted by Gasteiger charge is -2.07. The minimum absolute atomic E-state index is 0.226. The third kappa shape index (κ3) is 3.54. The van der Waals surface area contributed by atoms with E-state index in [4.69, 9.17) is 4.84 Å². The lowest BCUT2D eigenvalue weighted by atomic mass is 10.2. The Kier molecular flexibility index (Phi) is 4.72. The summed E-state index contributed by atoms with van der Waals surface area (Å²) in [6.45, 7) is 0.357. The SMILES string of the molecule is O=C(NOCc1ccccc1)c1ccccc1I. The van der Waals surface area contributed by atoms with Gasteiger partial charge < -0.3 is 0 Å². The van der Waals surface area contributed by atoms with Crippen molar-refractivity contribution in [2.75, 3.05) is 0 Å². The third-order valence-electron chi connectivity index (χ3n) is 2.37. The third-order valence-corrected chi connectivity index (χ3v) is 3.31. The highest BCUT2D eigenvalue weighted by Gasteiger charge is 2.08. The second kappa shape index (κ2) is 6.51. The first kappa shape index (κ1) is 13.0. The fourth-order valence-corrected chi connectivity index (χ4v) is 2.09. The van der Waals surface area contributed by atoms with Gasteiger partial charge in [0, 0.05) is 3.57 Å². The van der Waals surface area contributed by atoms with Gasteiger partial charge in [0.05, 0.1) is 12.2 Å². The van der Waals surface area contributed by atoms with Crippen LogP contribution >= 0.6 is 22.6 Å². The van der Waals surface area contributed by atoms with Crippen LogP contribution in [-0.2, 0) is 11.4 Å². The van der Waals surface area contributed by atoms with E-state index in [1.165, 1.54) is 0 Å². The number of nitrogens with one attached hydrogen (secondary N) is 1. The summed E-state index contributed by atoms with van der Waals surface area (Å²) in [5.74, 6) is -0.226. The summed E-state index contributed by atoms with van der Waals surface area (Å²) in [6, 6.07) is 17.1. The van der Waals surface area contributed by atoms with Crippen molar-refractivity contribution in [1.82, 2.24) is 5.48 Å². The van der Waals surface area contributed by atoms with Crippen LogP contribution in [0.2, 0.25) is 0 Å². The number of rotatable bonds is 4. The van der Waals surface area contributed by atoms with E-state index in [0.29, 0.717) is 12.2 Å². The van der Waals surface area contributed by atoms with Gasteiger partial charge in [-0.15, -0.1) is 0 Å². The number of amides is 1. The van der Waals surface area contributed by atoms with Gasteiger partial charge in [-0.3, -0.25) is 9.63 Å². The highest BCUT2D eigenvalue weighted by molar-refractivity contribution is 14.1. The number of hydrogen-bond acceptors (Lipinski definition) is 2. The molecule has 2 rings (SSSR count). The lowest BCUT2D eigenvalue weighted by molar-refractivity contribution is 0.0233. The molecule has 4 heteroatoms. The molecule has 18 heavy (non-hydrogen) atoms. The average molecular weight is 353 g/mol. The quantitative estimate of drug-likeness (QED) is 0.678. The monoisotopic (exact) mass is 353 g/mol. The second-order valence-electron chi connectivity index (χ2n) is 3.69. The molecule has 0 fully saturated rings. The summed E-state index contributed by atoms with van der Waals surface area (Å²) >= 11 is 2.12. The molecule has 0 atom stereocenters. The normalized spacial score (nSPS) is 10.1. The van der Waals surface area contributed by atoms with Gasteiger partial charge in [-0.05, 0) is 40.3 Å². The van der Waals surface area contributed by atoms with E-state index < -0.39 is 0 Å². The van der Waals surface area contributed by atoms with Gasteiger partial charge in [-0.2, -0.15) is 0 Å². The minimum atomic E-state index is -0.226. The van der Waals surface area contributed by atoms with E-state index in [0.717, 1.165) is 9.13 Å². The number of benzene rings is 2. The summed E-state index contributed by atoms with van der Waals surface area (Å²) in [5, 5.41) is 0. The summed E-state index contributed by atoms with van der Waals surface area (Å²) in [4.78, 5) is 17.0. The van der Waals surface area contributed by atoms with Gasteiger partial charge in [0.2, 0.25) is 0 Å². The van der Waals surface area contributed by atoms with E-state index in [1.54, 1.807) is 6.07 Å². The van der Waals surface area contributed by atoms with Crippen molar-refractivity contribution < 1.29 is 9.63 Å². The van der Waals surface area contributed by atoms with Crippen LogP contribution in [0.15, 0.2) is 54.6 Å². The standard InChI is InChI=1S/C14H12INO2/c15-13-9-5-4-8-12(13)14(17)16-18-10-11-6-2-1-3-7-11/h1-9H,10H2,(H,16,17). The molecule has 0 spiro atoms. The van der Waals surface area contributed by atoms with Gasteiger partial charge in [0.1, 0.15) is 0 Å². The van der Waals surface area contributed by atoms with Crippen molar-refractivity contribution in [2.45, 2.75) is 6.61 Å². The van der Waals surface area contributed by atoms with Crippen molar-refractivity contribution in [3.63, 3.8) is 0 Å². The Morgan fingerprint density at radius 1 is 1.06 bits per heavy atom. The molecule has 2 aromatic rings. The molecular formula is C14H12INO2. The summed E-state index contributed by atoms with van der Waals surface area (Å²) in [7, 11) is 0. The molecule has 0 aliphatic rings. The lowest BCUT2D eigenvalue weighted by Crippen LogP contribution is -2.24. The number of halogens is 1. The molecule has 2 aromatic carbocycles. The molecule has 0 radical (unpaired) electrons. The predicted octanol–water partition coefficient (Wildman–Crippen LogP) is 3.15. The van der Waals surface area contributed by atoms with Crippen molar-refractivity contribution >= 4 is 28.5 Å². The molecule has 0 aromatic heterocycles. The summed E-state index contributed by atoms with van der Waals surface area (Å²) in [6.07, 6.45) is 0. The number of carbonyl (C=O) groups excluding carboxylic acids is 1. The van der Waals surface area contributed by atoms with Crippen molar-refractivity contribution in [3.8, 4) is 0 Å². The van der Waals surface area contributed by atoms with Crippen molar-refractivity contribution in [3.05, 3.63) is 69.3 Å². The van der Waals surface area contributed by atoms with Crippen LogP contribution in [0.25, 0.3) is 0 Å². The smallest absolute Gasteiger partial charge is 0.269 e. The first-order valence-electron chi connectivity index (χ1n) is 5.48. The van der Waals surface area contributed by atoms with Gasteiger partial charge in [-0.1, -0.05) is 42.5 Å². The molecule has 1 N–H and O–H groups in total. The molecule has 3 nitrogen and oxygen atoms in total. The first-order chi connectivity index (χ1) is 8.77. The van der Waals surface area contributed by atoms with Crippen LogP contribution in [0.1, 0.15) is 15.9 Å². The fraction of sp³-hybridized carbons (Fsp3) is 0.0714. The van der Waals surface area contributed by atoms with E-state index in [9.17, 15) is 4.79 Å². The molecule has 0 aliphatic heterocycles. The van der Waals surface area contributed by atoms with Crippen LogP contribution in [0.4, 0.5) is 0 Å². The van der Waals surface area contributed by atoms with E-state index in [-0.39, 0.29) is 5.91 Å². The van der Waals surface area contributed by atoms with E-state index in [1.807, 2.05) is 48.5 Å². The van der Waals surface area contributed by atoms with E-state index >= 15 is 0 Å². The Balaban J connectivity index is 1.88. The Morgan fingerprint density at radius 2 is 1.72 bits per heavy atom. The van der Waals surface area contributed by atoms with E-state index in [2.05, 4.69) is 28.1 Å². The molecule has 92 valence electrons. The minimum Gasteiger partial charge on any atom is -0.269 e. The fourth-order valence-electron chi connectivity index (χ4n) is 1.46. The maximum Gasteiger partial charge on any atom is 0.275 e. The number of carbonyl (C=O) groups is 1. The maximum atomic E-state index is 11.8. The Hall–Kier alpha value is -1.40. The molecule has 1 amide bonds. The number of hydrogen-bond donors (Lipinski definition) is 1.